The van der Waals surface area contributed by atoms with Crippen molar-refractivity contribution in [2.45, 2.75) is 46.0 Å². The molecule has 0 saturated heterocycles. The number of hydrogen-bond donors (Lipinski definition) is 0. The maximum absolute atomic E-state index is 11.2. The fraction of sp³-hybridized carbons (Fsp3) is 0.750. The molecule has 0 radical (unpaired) electrons. The minimum atomic E-state index is -1.25. The maximum atomic E-state index is 11.2. The van der Waals surface area contributed by atoms with Gasteiger partial charge in [0.15, 0.2) is 0 Å². The van der Waals surface area contributed by atoms with Gasteiger partial charge in [0.25, 0.3) is 0 Å². The zero-order valence-corrected chi connectivity index (χ0v) is 10.5. The molecule has 0 aliphatic heterocycles. The average Bonchev–Trinajstić information content (AvgIpc) is 2.32. The number of ether oxygens (including phenoxy) is 3. The molecule has 0 rings (SSSR count). The van der Waals surface area contributed by atoms with Gasteiger partial charge >= 0.3 is 11.9 Å². The van der Waals surface area contributed by atoms with E-state index < -0.39 is 11.9 Å². The van der Waals surface area contributed by atoms with Crippen molar-refractivity contribution in [3.8, 4) is 0 Å². The van der Waals surface area contributed by atoms with E-state index in [1.807, 2.05) is 20.8 Å². The van der Waals surface area contributed by atoms with Gasteiger partial charge in [-0.3, -0.25) is 0 Å². The van der Waals surface area contributed by atoms with Gasteiger partial charge in [-0.2, -0.15) is 0 Å². The van der Waals surface area contributed by atoms with Crippen molar-refractivity contribution in [1.29, 1.82) is 0 Å². The normalized spacial score (nSPS) is 11.2. The summed E-state index contributed by atoms with van der Waals surface area (Å²) in [6, 6.07) is 0. The Balaban J connectivity index is 4.51. The second-order valence-corrected chi connectivity index (χ2v) is 3.36. The second-order valence-electron chi connectivity index (χ2n) is 3.36. The van der Waals surface area contributed by atoms with Crippen LogP contribution >= 0.6 is 0 Å². The summed E-state index contributed by atoms with van der Waals surface area (Å²) in [4.78, 5) is 11.2. The van der Waals surface area contributed by atoms with Crippen LogP contribution in [0.15, 0.2) is 12.7 Å². The lowest BCUT2D eigenvalue weighted by atomic mass is 10.4. The lowest BCUT2D eigenvalue weighted by Crippen LogP contribution is -2.40. The van der Waals surface area contributed by atoms with Crippen molar-refractivity contribution >= 4 is 5.97 Å². The summed E-state index contributed by atoms with van der Waals surface area (Å²) >= 11 is 0. The Morgan fingerprint density at radius 3 is 2.00 bits per heavy atom. The zero-order chi connectivity index (χ0) is 12.4. The van der Waals surface area contributed by atoms with E-state index in [4.69, 9.17) is 14.2 Å². The summed E-state index contributed by atoms with van der Waals surface area (Å²) in [5.74, 6) is -1.79. The Morgan fingerprint density at radius 2 is 1.69 bits per heavy atom. The van der Waals surface area contributed by atoms with Crippen molar-refractivity contribution in [3.05, 3.63) is 12.7 Å². The number of hydrogen-bond acceptors (Lipinski definition) is 4. The smallest absolute Gasteiger partial charge is 0.334 e. The minimum absolute atomic E-state index is 0.451. The molecule has 0 atom stereocenters. The molecular weight excluding hydrogens is 208 g/mol. The Labute approximate surface area is 97.6 Å². The standard InChI is InChI=1S/C12H22O4/c1-5-9-14-12(8-4,15-10-6-2)16-11(13)7-3/h7H,3,5-6,8-10H2,1-2,4H3. The van der Waals surface area contributed by atoms with Gasteiger partial charge in [0.1, 0.15) is 0 Å². The molecule has 94 valence electrons. The van der Waals surface area contributed by atoms with E-state index in [-0.39, 0.29) is 0 Å². The molecule has 0 spiro atoms. The van der Waals surface area contributed by atoms with Crippen molar-refractivity contribution in [2.75, 3.05) is 13.2 Å². The molecule has 0 aliphatic carbocycles. The molecule has 0 amide bonds. The van der Waals surface area contributed by atoms with Gasteiger partial charge in [-0.05, 0) is 12.8 Å². The van der Waals surface area contributed by atoms with Gasteiger partial charge in [0, 0.05) is 12.5 Å². The van der Waals surface area contributed by atoms with Gasteiger partial charge < -0.3 is 14.2 Å². The summed E-state index contributed by atoms with van der Waals surface area (Å²) in [5, 5.41) is 0. The van der Waals surface area contributed by atoms with E-state index in [0.29, 0.717) is 19.6 Å². The quantitative estimate of drug-likeness (QED) is 0.347. The molecule has 4 nitrogen and oxygen atoms in total. The molecular formula is C12H22O4. The SMILES string of the molecule is C=CC(=O)OC(CC)(OCCC)OCCC. The molecule has 0 N–H and O–H groups in total. The lowest BCUT2D eigenvalue weighted by Gasteiger charge is -2.31. The Bertz CT molecular complexity index is 205. The van der Waals surface area contributed by atoms with Crippen molar-refractivity contribution < 1.29 is 19.0 Å². The fourth-order valence-corrected chi connectivity index (χ4v) is 1.09. The monoisotopic (exact) mass is 230 g/mol. The van der Waals surface area contributed by atoms with E-state index in [2.05, 4.69) is 6.58 Å². The van der Waals surface area contributed by atoms with Crippen LogP contribution < -0.4 is 0 Å². The zero-order valence-electron chi connectivity index (χ0n) is 10.5. The highest BCUT2D eigenvalue weighted by molar-refractivity contribution is 5.81. The van der Waals surface area contributed by atoms with Crippen LogP contribution in [0, 0.1) is 0 Å². The third kappa shape index (κ3) is 5.28. The van der Waals surface area contributed by atoms with Gasteiger partial charge in [-0.1, -0.05) is 27.4 Å². The van der Waals surface area contributed by atoms with Gasteiger partial charge in [0.2, 0.25) is 0 Å². The molecule has 0 aromatic carbocycles. The highest BCUT2D eigenvalue weighted by atomic mass is 16.9. The predicted molar refractivity (Wildman–Crippen MR) is 61.8 cm³/mol. The van der Waals surface area contributed by atoms with E-state index in [1.165, 1.54) is 0 Å². The van der Waals surface area contributed by atoms with Crippen molar-refractivity contribution in [1.82, 2.24) is 0 Å². The molecule has 0 aliphatic rings. The van der Waals surface area contributed by atoms with E-state index in [0.717, 1.165) is 18.9 Å². The molecule has 0 bridgehead atoms. The molecule has 0 unspecified atom stereocenters. The minimum Gasteiger partial charge on any atom is -0.405 e. The van der Waals surface area contributed by atoms with Gasteiger partial charge in [-0.25, -0.2) is 4.79 Å². The Kier molecular flexibility index (Phi) is 7.85. The largest absolute Gasteiger partial charge is 0.405 e. The summed E-state index contributed by atoms with van der Waals surface area (Å²) in [5.41, 5.74) is 0. The van der Waals surface area contributed by atoms with Crippen LogP contribution in [0.3, 0.4) is 0 Å². The van der Waals surface area contributed by atoms with Crippen LogP contribution in [0.4, 0.5) is 0 Å². The third-order valence-corrected chi connectivity index (χ3v) is 1.91. The molecule has 16 heavy (non-hydrogen) atoms. The summed E-state index contributed by atoms with van der Waals surface area (Å²) in [7, 11) is 0. The topological polar surface area (TPSA) is 44.8 Å². The summed E-state index contributed by atoms with van der Waals surface area (Å²) in [6.45, 7) is 10.1. The molecule has 0 aromatic heterocycles. The highest BCUT2D eigenvalue weighted by Crippen LogP contribution is 2.21. The molecule has 0 fully saturated rings. The Hall–Kier alpha value is -0.870. The fourth-order valence-electron chi connectivity index (χ4n) is 1.09. The van der Waals surface area contributed by atoms with E-state index in [9.17, 15) is 4.79 Å². The third-order valence-electron chi connectivity index (χ3n) is 1.91. The lowest BCUT2D eigenvalue weighted by molar-refractivity contribution is -0.362. The molecule has 0 saturated carbocycles. The van der Waals surface area contributed by atoms with Crippen LogP contribution in [0.25, 0.3) is 0 Å². The van der Waals surface area contributed by atoms with Gasteiger partial charge in [0.05, 0.1) is 13.2 Å². The first-order valence-corrected chi connectivity index (χ1v) is 5.77. The molecule has 0 aromatic rings. The number of esters is 1. The van der Waals surface area contributed by atoms with Crippen LogP contribution in [-0.2, 0) is 19.0 Å². The summed E-state index contributed by atoms with van der Waals surface area (Å²) < 4.78 is 16.1. The molecule has 0 heterocycles. The molecule has 4 heteroatoms. The first-order valence-electron chi connectivity index (χ1n) is 5.77. The number of rotatable bonds is 9. The van der Waals surface area contributed by atoms with Crippen LogP contribution in [0.1, 0.15) is 40.0 Å². The van der Waals surface area contributed by atoms with Crippen molar-refractivity contribution in [3.63, 3.8) is 0 Å². The predicted octanol–water partition coefficient (Wildman–Crippen LogP) is 2.63. The number of carbonyl (C=O) groups excluding carboxylic acids is 1. The first-order chi connectivity index (χ1) is 7.64. The van der Waals surface area contributed by atoms with Gasteiger partial charge in [-0.15, -0.1) is 0 Å². The van der Waals surface area contributed by atoms with E-state index >= 15 is 0 Å². The number of carbonyl (C=O) groups is 1. The van der Waals surface area contributed by atoms with Crippen LogP contribution in [0.5, 0.6) is 0 Å². The average molecular weight is 230 g/mol. The maximum Gasteiger partial charge on any atom is 0.334 e. The van der Waals surface area contributed by atoms with Crippen LogP contribution in [0.2, 0.25) is 0 Å². The summed E-state index contributed by atoms with van der Waals surface area (Å²) in [6.07, 6.45) is 3.23. The van der Waals surface area contributed by atoms with Crippen LogP contribution in [-0.4, -0.2) is 25.2 Å². The highest BCUT2D eigenvalue weighted by Gasteiger charge is 2.34. The van der Waals surface area contributed by atoms with E-state index in [1.54, 1.807) is 0 Å². The Morgan fingerprint density at radius 1 is 1.19 bits per heavy atom. The van der Waals surface area contributed by atoms with Crippen molar-refractivity contribution in [2.24, 2.45) is 0 Å². The second kappa shape index (κ2) is 8.30. The first kappa shape index (κ1) is 15.1.